The molecule has 0 aliphatic carbocycles. The summed E-state index contributed by atoms with van der Waals surface area (Å²) in [4.78, 5) is 10.0. The van der Waals surface area contributed by atoms with Gasteiger partial charge in [0, 0.05) is 12.1 Å². The number of hydrogen-bond donors (Lipinski definition) is 2. The van der Waals surface area contributed by atoms with Crippen molar-refractivity contribution in [3.05, 3.63) is 52.2 Å². The summed E-state index contributed by atoms with van der Waals surface area (Å²) in [7, 11) is 0. The van der Waals surface area contributed by atoms with Gasteiger partial charge in [0.05, 0.1) is 16.7 Å². The Morgan fingerprint density at radius 1 is 1.32 bits per heavy atom. The third kappa shape index (κ3) is 2.80. The highest BCUT2D eigenvalue weighted by atomic mass is 16.6. The Balaban J connectivity index is 2.26. The number of aromatic nitrogens is 2. The summed E-state index contributed by atoms with van der Waals surface area (Å²) in [6.45, 7) is 0. The predicted octanol–water partition coefficient (Wildman–Crippen LogP) is 1.46. The molecule has 0 bridgehead atoms. The van der Waals surface area contributed by atoms with Crippen LogP contribution in [0, 0.1) is 15.5 Å². The topological polar surface area (TPSA) is 128 Å². The fourth-order valence-corrected chi connectivity index (χ4v) is 1.35. The van der Waals surface area contributed by atoms with Gasteiger partial charge in [0.25, 0.3) is 5.69 Å². The number of amidine groups is 1. The minimum Gasteiger partial charge on any atom is -0.437 e. The highest BCUT2D eigenvalue weighted by Gasteiger charge is 2.10. The van der Waals surface area contributed by atoms with Crippen LogP contribution in [0.3, 0.4) is 0 Å². The molecular formula is C11H9N5O3. The number of non-ortho nitro benzene ring substituents is 1. The average Bonchev–Trinajstić information content (AvgIpc) is 2.39. The molecule has 19 heavy (non-hydrogen) atoms. The molecule has 0 aliphatic rings. The molecule has 8 nitrogen and oxygen atoms in total. The summed E-state index contributed by atoms with van der Waals surface area (Å²) >= 11 is 0. The maximum atomic E-state index is 10.5. The maximum Gasteiger partial charge on any atom is 0.269 e. The van der Waals surface area contributed by atoms with E-state index in [1.165, 1.54) is 36.5 Å². The van der Waals surface area contributed by atoms with E-state index in [0.29, 0.717) is 11.3 Å². The Kier molecular flexibility index (Phi) is 3.33. The molecule has 8 heteroatoms. The quantitative estimate of drug-likeness (QED) is 0.370. The number of benzene rings is 1. The molecule has 0 radical (unpaired) electrons. The fourth-order valence-electron chi connectivity index (χ4n) is 1.35. The molecule has 96 valence electrons. The molecule has 0 amide bonds. The summed E-state index contributed by atoms with van der Waals surface area (Å²) in [6.07, 6.45) is 1.39. The van der Waals surface area contributed by atoms with Crippen LogP contribution < -0.4 is 10.5 Å². The van der Waals surface area contributed by atoms with E-state index in [1.54, 1.807) is 0 Å². The number of nitro benzene ring substituents is 1. The van der Waals surface area contributed by atoms with Gasteiger partial charge in [-0.25, -0.2) is 0 Å². The molecule has 2 aromatic rings. The van der Waals surface area contributed by atoms with Gasteiger partial charge < -0.3 is 10.5 Å². The van der Waals surface area contributed by atoms with E-state index >= 15 is 0 Å². The Hall–Kier alpha value is -3.03. The molecule has 3 N–H and O–H groups in total. The van der Waals surface area contributed by atoms with Crippen molar-refractivity contribution in [2.24, 2.45) is 5.73 Å². The molecular weight excluding hydrogens is 250 g/mol. The number of hydrogen-bond acceptors (Lipinski definition) is 6. The number of nitro groups is 1. The van der Waals surface area contributed by atoms with Gasteiger partial charge in [0.1, 0.15) is 11.6 Å². The second-order valence-corrected chi connectivity index (χ2v) is 3.52. The Morgan fingerprint density at radius 3 is 2.58 bits per heavy atom. The van der Waals surface area contributed by atoms with Gasteiger partial charge in [-0.1, -0.05) is 0 Å². The number of nitrogens with zero attached hydrogens (tertiary/aromatic N) is 3. The van der Waals surface area contributed by atoms with Crippen molar-refractivity contribution in [1.82, 2.24) is 10.2 Å². The van der Waals surface area contributed by atoms with Crippen LogP contribution in [-0.2, 0) is 0 Å². The first-order chi connectivity index (χ1) is 9.08. The monoisotopic (exact) mass is 259 g/mol. The minimum absolute atomic E-state index is 0.0433. The van der Waals surface area contributed by atoms with Crippen LogP contribution in [0.2, 0.25) is 0 Å². The van der Waals surface area contributed by atoms with Crippen LogP contribution in [0.25, 0.3) is 0 Å². The largest absolute Gasteiger partial charge is 0.437 e. The number of nitrogens with two attached hydrogens (primary N) is 1. The van der Waals surface area contributed by atoms with E-state index < -0.39 is 4.92 Å². The number of nitrogens with one attached hydrogen (secondary N) is 1. The van der Waals surface area contributed by atoms with Gasteiger partial charge in [0.15, 0.2) is 0 Å². The summed E-state index contributed by atoms with van der Waals surface area (Å²) in [5.74, 6) is 0.212. The molecule has 0 aliphatic heterocycles. The zero-order chi connectivity index (χ0) is 13.8. The summed E-state index contributed by atoms with van der Waals surface area (Å²) in [6, 6.07) is 6.96. The molecule has 0 saturated heterocycles. The predicted molar refractivity (Wildman–Crippen MR) is 66.2 cm³/mol. The fraction of sp³-hybridized carbons (Fsp3) is 0. The van der Waals surface area contributed by atoms with E-state index in [1.807, 2.05) is 0 Å². The highest BCUT2D eigenvalue weighted by Crippen LogP contribution is 2.24. The second kappa shape index (κ2) is 5.08. The SMILES string of the molecule is N=C(N)c1ccnnc1Oc1ccc([N+](=O)[O-])cc1. The first-order valence-corrected chi connectivity index (χ1v) is 5.16. The van der Waals surface area contributed by atoms with E-state index in [4.69, 9.17) is 15.9 Å². The summed E-state index contributed by atoms with van der Waals surface area (Å²) < 4.78 is 5.39. The Morgan fingerprint density at radius 2 is 2.00 bits per heavy atom. The van der Waals surface area contributed by atoms with E-state index in [-0.39, 0.29) is 17.4 Å². The van der Waals surface area contributed by atoms with Gasteiger partial charge >= 0.3 is 0 Å². The summed E-state index contributed by atoms with van der Waals surface area (Å²) in [5.41, 5.74) is 5.63. The molecule has 0 atom stereocenters. The average molecular weight is 259 g/mol. The molecule has 0 unspecified atom stereocenters. The van der Waals surface area contributed by atoms with Crippen molar-refractivity contribution in [2.45, 2.75) is 0 Å². The molecule has 1 aromatic heterocycles. The van der Waals surface area contributed by atoms with E-state index in [0.717, 1.165) is 0 Å². The van der Waals surface area contributed by atoms with Crippen LogP contribution in [0.5, 0.6) is 11.6 Å². The van der Waals surface area contributed by atoms with Crippen LogP contribution >= 0.6 is 0 Å². The minimum atomic E-state index is -0.507. The van der Waals surface area contributed by atoms with Gasteiger partial charge in [-0.3, -0.25) is 15.5 Å². The lowest BCUT2D eigenvalue weighted by Crippen LogP contribution is -2.13. The zero-order valence-electron chi connectivity index (χ0n) is 9.61. The third-order valence-corrected chi connectivity index (χ3v) is 2.24. The Bertz CT molecular complexity index is 626. The first kappa shape index (κ1) is 12.4. The normalized spacial score (nSPS) is 9.89. The molecule has 1 aromatic carbocycles. The third-order valence-electron chi connectivity index (χ3n) is 2.24. The van der Waals surface area contributed by atoms with Crippen molar-refractivity contribution in [2.75, 3.05) is 0 Å². The Labute approximate surface area is 107 Å². The van der Waals surface area contributed by atoms with Gasteiger partial charge in [0.2, 0.25) is 5.88 Å². The van der Waals surface area contributed by atoms with E-state index in [9.17, 15) is 10.1 Å². The van der Waals surface area contributed by atoms with Gasteiger partial charge in [-0.2, -0.15) is 5.10 Å². The second-order valence-electron chi connectivity index (χ2n) is 3.52. The lowest BCUT2D eigenvalue weighted by Gasteiger charge is -2.07. The smallest absolute Gasteiger partial charge is 0.269 e. The van der Waals surface area contributed by atoms with Gasteiger partial charge in [-0.05, 0) is 18.2 Å². The van der Waals surface area contributed by atoms with Crippen LogP contribution in [0.4, 0.5) is 5.69 Å². The van der Waals surface area contributed by atoms with Crippen LogP contribution in [-0.4, -0.2) is 21.0 Å². The molecule has 0 saturated carbocycles. The molecule has 0 fully saturated rings. The molecule has 1 heterocycles. The number of rotatable bonds is 4. The van der Waals surface area contributed by atoms with Crippen molar-refractivity contribution >= 4 is 11.5 Å². The molecule has 2 rings (SSSR count). The maximum absolute atomic E-state index is 10.5. The number of ether oxygens (including phenoxy) is 1. The van der Waals surface area contributed by atoms with Crippen molar-refractivity contribution in [1.29, 1.82) is 5.41 Å². The van der Waals surface area contributed by atoms with Crippen LogP contribution in [0.1, 0.15) is 5.56 Å². The first-order valence-electron chi connectivity index (χ1n) is 5.16. The van der Waals surface area contributed by atoms with Crippen LogP contribution in [0.15, 0.2) is 36.5 Å². The zero-order valence-corrected chi connectivity index (χ0v) is 9.61. The molecule has 0 spiro atoms. The van der Waals surface area contributed by atoms with E-state index in [2.05, 4.69) is 10.2 Å². The standard InChI is InChI=1S/C11H9N5O3/c12-10(13)9-5-6-14-15-11(9)19-8-3-1-7(2-4-8)16(17)18/h1-6H,(H3,12,13). The lowest BCUT2D eigenvalue weighted by atomic mass is 10.2. The van der Waals surface area contributed by atoms with Crippen molar-refractivity contribution in [3.63, 3.8) is 0 Å². The van der Waals surface area contributed by atoms with Gasteiger partial charge in [-0.15, -0.1) is 5.10 Å². The van der Waals surface area contributed by atoms with Crippen molar-refractivity contribution < 1.29 is 9.66 Å². The summed E-state index contributed by atoms with van der Waals surface area (Å²) in [5, 5.41) is 25.2. The van der Waals surface area contributed by atoms with Crippen molar-refractivity contribution in [3.8, 4) is 11.6 Å². The highest BCUT2D eigenvalue weighted by molar-refractivity contribution is 5.96. The lowest BCUT2D eigenvalue weighted by molar-refractivity contribution is -0.384. The number of nitrogen functional groups attached to an aromatic ring is 1.